The van der Waals surface area contributed by atoms with Gasteiger partial charge in [-0.3, -0.25) is 4.99 Å². The van der Waals surface area contributed by atoms with E-state index in [4.69, 9.17) is 0 Å². The van der Waals surface area contributed by atoms with Crippen molar-refractivity contribution >= 4 is 6.34 Å². The van der Waals surface area contributed by atoms with Crippen molar-refractivity contribution in [1.29, 1.82) is 0 Å². The Hall–Kier alpha value is -1.05. The molecular formula is C9H12N2. The molecule has 1 N–H and O–H groups in total. The van der Waals surface area contributed by atoms with Crippen molar-refractivity contribution in [3.8, 4) is 0 Å². The summed E-state index contributed by atoms with van der Waals surface area (Å²) in [5.74, 6) is 0. The number of fused-ring (bicyclic) bond motifs is 1. The zero-order valence-corrected chi connectivity index (χ0v) is 6.62. The summed E-state index contributed by atoms with van der Waals surface area (Å²) in [5, 5.41) is 3.20. The van der Waals surface area contributed by atoms with E-state index in [9.17, 15) is 0 Å². The molecule has 2 atom stereocenters. The Morgan fingerprint density at radius 2 is 2.55 bits per heavy atom. The van der Waals surface area contributed by atoms with Gasteiger partial charge in [0.05, 0.1) is 18.4 Å². The third kappa shape index (κ3) is 1.09. The Kier molecular flexibility index (Phi) is 1.53. The molecule has 58 valence electrons. The largest absolute Gasteiger partial charge is 0.368 e. The standard InChI is InChI=1S/C9H12N2/c1-2-7-3-4-8-9(5-7)11-6-10-8/h3-6,8-9H,2H2,1H3,(H,10,11). The van der Waals surface area contributed by atoms with Crippen LogP contribution in [-0.2, 0) is 0 Å². The Balaban J connectivity index is 2.18. The molecular weight excluding hydrogens is 136 g/mol. The number of nitrogens with one attached hydrogen (secondary N) is 1. The number of hydrogen-bond donors (Lipinski definition) is 1. The smallest absolute Gasteiger partial charge is 0.0937 e. The highest BCUT2D eigenvalue weighted by atomic mass is 15.1. The third-order valence-corrected chi connectivity index (χ3v) is 2.19. The molecule has 1 aliphatic heterocycles. The van der Waals surface area contributed by atoms with Crippen molar-refractivity contribution in [3.05, 3.63) is 23.8 Å². The Labute approximate surface area is 66.7 Å². The van der Waals surface area contributed by atoms with Gasteiger partial charge >= 0.3 is 0 Å². The minimum Gasteiger partial charge on any atom is -0.368 e. The number of rotatable bonds is 1. The first kappa shape index (κ1) is 6.65. The summed E-state index contributed by atoms with van der Waals surface area (Å²) in [4.78, 5) is 4.26. The summed E-state index contributed by atoms with van der Waals surface area (Å²) in [6, 6.07) is 0.778. The summed E-state index contributed by atoms with van der Waals surface area (Å²) >= 11 is 0. The predicted molar refractivity (Wildman–Crippen MR) is 46.7 cm³/mol. The minimum absolute atomic E-state index is 0.352. The molecule has 0 amide bonds. The summed E-state index contributed by atoms with van der Waals surface area (Å²) in [7, 11) is 0. The van der Waals surface area contributed by atoms with Gasteiger partial charge in [0, 0.05) is 0 Å². The third-order valence-electron chi connectivity index (χ3n) is 2.19. The van der Waals surface area contributed by atoms with Crippen LogP contribution in [0.25, 0.3) is 0 Å². The number of nitrogens with zero attached hydrogens (tertiary/aromatic N) is 1. The van der Waals surface area contributed by atoms with Crippen LogP contribution in [0.15, 0.2) is 28.8 Å². The highest BCUT2D eigenvalue weighted by molar-refractivity contribution is 5.61. The van der Waals surface area contributed by atoms with E-state index in [1.54, 1.807) is 6.34 Å². The summed E-state index contributed by atoms with van der Waals surface area (Å²) < 4.78 is 0. The van der Waals surface area contributed by atoms with Crippen molar-refractivity contribution in [2.24, 2.45) is 4.99 Å². The highest BCUT2D eigenvalue weighted by Crippen LogP contribution is 2.17. The van der Waals surface area contributed by atoms with Crippen molar-refractivity contribution in [2.45, 2.75) is 25.4 Å². The zero-order valence-electron chi connectivity index (χ0n) is 6.62. The second kappa shape index (κ2) is 2.53. The maximum Gasteiger partial charge on any atom is 0.0937 e. The predicted octanol–water partition coefficient (Wildman–Crippen LogP) is 1.26. The van der Waals surface area contributed by atoms with Crippen LogP contribution in [0.4, 0.5) is 0 Å². The molecule has 1 heterocycles. The van der Waals surface area contributed by atoms with Gasteiger partial charge in [0.15, 0.2) is 0 Å². The van der Waals surface area contributed by atoms with E-state index in [-0.39, 0.29) is 0 Å². The summed E-state index contributed by atoms with van der Waals surface area (Å²) in [5.41, 5.74) is 1.41. The average molecular weight is 148 g/mol. The van der Waals surface area contributed by atoms with Crippen molar-refractivity contribution in [1.82, 2.24) is 5.32 Å². The molecule has 2 unspecified atom stereocenters. The van der Waals surface area contributed by atoms with E-state index in [2.05, 4.69) is 35.5 Å². The molecule has 11 heavy (non-hydrogen) atoms. The molecule has 0 aromatic heterocycles. The van der Waals surface area contributed by atoms with Crippen LogP contribution in [0.2, 0.25) is 0 Å². The van der Waals surface area contributed by atoms with Crippen LogP contribution in [-0.4, -0.2) is 18.4 Å². The van der Waals surface area contributed by atoms with Gasteiger partial charge in [0.1, 0.15) is 0 Å². The van der Waals surface area contributed by atoms with Gasteiger partial charge in [-0.15, -0.1) is 0 Å². The van der Waals surface area contributed by atoms with Gasteiger partial charge in [-0.2, -0.15) is 0 Å². The number of hydrogen-bond acceptors (Lipinski definition) is 2. The van der Waals surface area contributed by atoms with Crippen LogP contribution in [0.3, 0.4) is 0 Å². The van der Waals surface area contributed by atoms with E-state index >= 15 is 0 Å². The fraction of sp³-hybridized carbons (Fsp3) is 0.444. The molecule has 0 saturated heterocycles. The van der Waals surface area contributed by atoms with Crippen LogP contribution in [0.1, 0.15) is 13.3 Å². The molecule has 0 fully saturated rings. The highest BCUT2D eigenvalue weighted by Gasteiger charge is 2.21. The van der Waals surface area contributed by atoms with E-state index in [0.717, 1.165) is 6.42 Å². The van der Waals surface area contributed by atoms with Crippen molar-refractivity contribution in [3.63, 3.8) is 0 Å². The Morgan fingerprint density at radius 1 is 1.64 bits per heavy atom. The molecule has 2 rings (SSSR count). The first-order valence-corrected chi connectivity index (χ1v) is 4.07. The van der Waals surface area contributed by atoms with Gasteiger partial charge in [-0.1, -0.05) is 30.7 Å². The topological polar surface area (TPSA) is 24.4 Å². The molecule has 0 radical (unpaired) electrons. The fourth-order valence-corrected chi connectivity index (χ4v) is 1.47. The van der Waals surface area contributed by atoms with Gasteiger partial charge < -0.3 is 5.32 Å². The minimum atomic E-state index is 0.352. The van der Waals surface area contributed by atoms with Gasteiger partial charge in [-0.25, -0.2) is 0 Å². The SMILES string of the molecule is CCC1=CC2NC=NC2C=C1. The van der Waals surface area contributed by atoms with Crippen molar-refractivity contribution < 1.29 is 0 Å². The number of aliphatic imine (C=N–C) groups is 1. The Bertz CT molecular complexity index is 238. The Morgan fingerprint density at radius 3 is 3.36 bits per heavy atom. The van der Waals surface area contributed by atoms with Crippen LogP contribution >= 0.6 is 0 Å². The van der Waals surface area contributed by atoms with Gasteiger partial charge in [0.25, 0.3) is 0 Å². The van der Waals surface area contributed by atoms with E-state index in [1.165, 1.54) is 5.57 Å². The number of allylic oxidation sites excluding steroid dienone is 2. The maximum atomic E-state index is 4.26. The maximum absolute atomic E-state index is 4.26. The second-order valence-electron chi connectivity index (χ2n) is 2.92. The summed E-state index contributed by atoms with van der Waals surface area (Å²) in [6.07, 6.45) is 9.51. The van der Waals surface area contributed by atoms with Crippen molar-refractivity contribution in [2.75, 3.05) is 0 Å². The van der Waals surface area contributed by atoms with Crippen LogP contribution in [0.5, 0.6) is 0 Å². The lowest BCUT2D eigenvalue weighted by Gasteiger charge is -2.16. The molecule has 2 aliphatic rings. The molecule has 0 aromatic rings. The molecule has 0 saturated carbocycles. The molecule has 2 heteroatoms. The lowest BCUT2D eigenvalue weighted by molar-refractivity contribution is 0.687. The van der Waals surface area contributed by atoms with Gasteiger partial charge in [0.2, 0.25) is 0 Å². The lowest BCUT2D eigenvalue weighted by atomic mass is 9.98. The van der Waals surface area contributed by atoms with E-state index in [1.807, 2.05) is 0 Å². The van der Waals surface area contributed by atoms with Gasteiger partial charge in [-0.05, 0) is 6.42 Å². The second-order valence-corrected chi connectivity index (χ2v) is 2.92. The molecule has 0 spiro atoms. The molecule has 0 aromatic carbocycles. The monoisotopic (exact) mass is 148 g/mol. The lowest BCUT2D eigenvalue weighted by Crippen LogP contribution is -2.30. The molecule has 2 nitrogen and oxygen atoms in total. The zero-order chi connectivity index (χ0) is 7.68. The average Bonchev–Trinajstić information content (AvgIpc) is 2.50. The van der Waals surface area contributed by atoms with Crippen LogP contribution in [0, 0.1) is 0 Å². The normalized spacial score (nSPS) is 33.0. The molecule has 0 bridgehead atoms. The first-order chi connectivity index (χ1) is 5.40. The summed E-state index contributed by atoms with van der Waals surface area (Å²) in [6.45, 7) is 2.17. The molecule has 1 aliphatic carbocycles. The van der Waals surface area contributed by atoms with E-state index in [0.29, 0.717) is 12.1 Å². The quantitative estimate of drug-likeness (QED) is 0.595. The first-order valence-electron chi connectivity index (χ1n) is 4.07. The van der Waals surface area contributed by atoms with Crippen LogP contribution < -0.4 is 5.32 Å². The fourth-order valence-electron chi connectivity index (χ4n) is 1.47. The van der Waals surface area contributed by atoms with E-state index < -0.39 is 0 Å².